The lowest BCUT2D eigenvalue weighted by Crippen LogP contribution is -2.36. The van der Waals surface area contributed by atoms with E-state index in [2.05, 4.69) is 20.8 Å². The predicted molar refractivity (Wildman–Crippen MR) is 97.3 cm³/mol. The van der Waals surface area contributed by atoms with Crippen molar-refractivity contribution in [1.29, 1.82) is 0 Å². The number of aryl methyl sites for hydroxylation is 1. The number of methoxy groups -OCH3 is 1. The van der Waals surface area contributed by atoms with Gasteiger partial charge >= 0.3 is 0 Å². The van der Waals surface area contributed by atoms with Gasteiger partial charge in [-0.2, -0.15) is 16.4 Å². The smallest absolute Gasteiger partial charge is 0.241 e. The van der Waals surface area contributed by atoms with E-state index >= 15 is 0 Å². The summed E-state index contributed by atoms with van der Waals surface area (Å²) in [6.07, 6.45) is 2.61. The van der Waals surface area contributed by atoms with Gasteiger partial charge in [-0.3, -0.25) is 4.79 Å². The van der Waals surface area contributed by atoms with Gasteiger partial charge in [-0.15, -0.1) is 17.5 Å². The second-order valence-electron chi connectivity index (χ2n) is 4.90. The van der Waals surface area contributed by atoms with Crippen LogP contribution in [0.25, 0.3) is 5.69 Å². The number of nitrogens with zero attached hydrogens (tertiary/aromatic N) is 4. The first-order chi connectivity index (χ1) is 11.1. The van der Waals surface area contributed by atoms with E-state index in [1.807, 2.05) is 6.26 Å². The highest BCUT2D eigenvalue weighted by Gasteiger charge is 2.15. The number of tetrazole rings is 1. The Morgan fingerprint density at radius 1 is 1.50 bits per heavy atom. The molecule has 3 N–H and O–H groups in total. The molecule has 10 heteroatoms. The summed E-state index contributed by atoms with van der Waals surface area (Å²) >= 11 is 1.66. The van der Waals surface area contributed by atoms with Gasteiger partial charge in [-0.05, 0) is 54.0 Å². The van der Waals surface area contributed by atoms with Crippen molar-refractivity contribution in [3.8, 4) is 11.4 Å². The van der Waals surface area contributed by atoms with Gasteiger partial charge in [0.15, 0.2) is 5.82 Å². The summed E-state index contributed by atoms with van der Waals surface area (Å²) in [6.45, 7) is 1.78. The summed E-state index contributed by atoms with van der Waals surface area (Å²) in [7, 11) is 1.56. The van der Waals surface area contributed by atoms with Crippen molar-refractivity contribution >= 4 is 35.8 Å². The third-order valence-corrected chi connectivity index (χ3v) is 3.91. The van der Waals surface area contributed by atoms with Crippen LogP contribution in [0.15, 0.2) is 18.2 Å². The number of rotatable bonds is 7. The molecule has 0 radical (unpaired) electrons. The van der Waals surface area contributed by atoms with Gasteiger partial charge in [0.25, 0.3) is 0 Å². The van der Waals surface area contributed by atoms with Crippen LogP contribution < -0.4 is 15.8 Å². The quantitative estimate of drug-likeness (QED) is 0.756. The zero-order valence-corrected chi connectivity index (χ0v) is 15.4. The molecule has 8 nitrogen and oxygen atoms in total. The fourth-order valence-electron chi connectivity index (χ4n) is 2.00. The molecule has 0 spiro atoms. The zero-order chi connectivity index (χ0) is 16.8. The lowest BCUT2D eigenvalue weighted by atomic mass is 10.2. The second kappa shape index (κ2) is 9.45. The van der Waals surface area contributed by atoms with Crippen molar-refractivity contribution in [1.82, 2.24) is 20.2 Å². The molecular formula is C14H21ClN6O2S. The van der Waals surface area contributed by atoms with Crippen molar-refractivity contribution in [2.75, 3.05) is 24.4 Å². The van der Waals surface area contributed by atoms with E-state index in [-0.39, 0.29) is 18.3 Å². The van der Waals surface area contributed by atoms with Crippen LogP contribution >= 0.6 is 24.2 Å². The van der Waals surface area contributed by atoms with Gasteiger partial charge in [0.05, 0.1) is 13.2 Å². The SMILES string of the molecule is COc1ccc(NC(=O)[C@@H](N)CCSC)cc1-n1nnnc1C.Cl. The van der Waals surface area contributed by atoms with Gasteiger partial charge in [-0.1, -0.05) is 0 Å². The van der Waals surface area contributed by atoms with Gasteiger partial charge in [0.1, 0.15) is 11.4 Å². The van der Waals surface area contributed by atoms with Gasteiger partial charge in [-0.25, -0.2) is 0 Å². The number of ether oxygens (including phenoxy) is 1. The molecule has 1 aromatic heterocycles. The van der Waals surface area contributed by atoms with E-state index in [4.69, 9.17) is 10.5 Å². The van der Waals surface area contributed by atoms with Gasteiger partial charge in [0.2, 0.25) is 5.91 Å². The average molecular weight is 373 g/mol. The molecule has 0 saturated heterocycles. The molecule has 0 unspecified atom stereocenters. The first-order valence-electron chi connectivity index (χ1n) is 7.05. The summed E-state index contributed by atoms with van der Waals surface area (Å²) in [5.74, 6) is 1.84. The molecule has 132 valence electrons. The fraction of sp³-hybridized carbons (Fsp3) is 0.429. The molecule has 0 saturated carbocycles. The van der Waals surface area contributed by atoms with Crippen LogP contribution in [-0.4, -0.2) is 51.3 Å². The fourth-order valence-corrected chi connectivity index (χ4v) is 2.49. The maximum Gasteiger partial charge on any atom is 0.241 e. The molecule has 2 rings (SSSR count). The number of benzene rings is 1. The van der Waals surface area contributed by atoms with Crippen molar-refractivity contribution in [3.63, 3.8) is 0 Å². The number of anilines is 1. The van der Waals surface area contributed by atoms with Crippen LogP contribution in [0.5, 0.6) is 5.75 Å². The van der Waals surface area contributed by atoms with E-state index in [9.17, 15) is 4.79 Å². The number of hydrogen-bond acceptors (Lipinski definition) is 7. The van der Waals surface area contributed by atoms with E-state index in [0.717, 1.165) is 5.75 Å². The molecule has 1 heterocycles. The molecule has 1 amide bonds. The summed E-state index contributed by atoms with van der Waals surface area (Å²) in [5.41, 5.74) is 7.13. The summed E-state index contributed by atoms with van der Waals surface area (Å²) in [6, 6.07) is 4.71. The van der Waals surface area contributed by atoms with Crippen molar-refractivity contribution in [3.05, 3.63) is 24.0 Å². The Balaban J connectivity index is 0.00000288. The number of amides is 1. The molecular weight excluding hydrogens is 352 g/mol. The molecule has 0 fully saturated rings. The van der Waals surface area contributed by atoms with Gasteiger partial charge in [0, 0.05) is 5.69 Å². The molecule has 1 atom stereocenters. The molecule has 0 bridgehead atoms. The molecule has 0 aliphatic carbocycles. The first kappa shape index (κ1) is 20.2. The van der Waals surface area contributed by atoms with Crippen LogP contribution in [0.2, 0.25) is 0 Å². The highest BCUT2D eigenvalue weighted by Crippen LogP contribution is 2.26. The van der Waals surface area contributed by atoms with Crippen molar-refractivity contribution < 1.29 is 9.53 Å². The zero-order valence-electron chi connectivity index (χ0n) is 13.7. The second-order valence-corrected chi connectivity index (χ2v) is 5.89. The normalized spacial score (nSPS) is 11.5. The van der Waals surface area contributed by atoms with Crippen molar-refractivity contribution in [2.24, 2.45) is 5.73 Å². The highest BCUT2D eigenvalue weighted by atomic mass is 35.5. The Bertz CT molecular complexity index is 681. The lowest BCUT2D eigenvalue weighted by molar-refractivity contribution is -0.117. The van der Waals surface area contributed by atoms with Crippen LogP contribution in [0.3, 0.4) is 0 Å². The standard InChI is InChI=1S/C14H20N6O2S.ClH/c1-9-17-18-19-20(9)12-8-10(4-5-13(12)22-2)16-14(21)11(15)6-7-23-3;/h4-5,8,11H,6-7,15H2,1-3H3,(H,16,21);1H/t11-;/m0./s1. The van der Waals surface area contributed by atoms with E-state index in [1.54, 1.807) is 48.7 Å². The Hall–Kier alpha value is -1.84. The van der Waals surface area contributed by atoms with Crippen LogP contribution in [0.4, 0.5) is 5.69 Å². The minimum absolute atomic E-state index is 0. The Morgan fingerprint density at radius 2 is 2.25 bits per heavy atom. The van der Waals surface area contributed by atoms with Crippen LogP contribution in [-0.2, 0) is 4.79 Å². The number of aromatic nitrogens is 4. The Labute approximate surface area is 150 Å². The minimum Gasteiger partial charge on any atom is -0.494 e. The van der Waals surface area contributed by atoms with E-state index < -0.39 is 6.04 Å². The van der Waals surface area contributed by atoms with E-state index in [0.29, 0.717) is 29.4 Å². The number of carbonyl (C=O) groups is 1. The number of hydrogen-bond donors (Lipinski definition) is 2. The number of nitrogens with two attached hydrogens (primary N) is 1. The monoisotopic (exact) mass is 372 g/mol. The molecule has 2 aromatic rings. The predicted octanol–water partition coefficient (Wildman–Crippen LogP) is 1.42. The maximum absolute atomic E-state index is 12.1. The van der Waals surface area contributed by atoms with Crippen LogP contribution in [0.1, 0.15) is 12.2 Å². The van der Waals surface area contributed by atoms with Crippen molar-refractivity contribution in [2.45, 2.75) is 19.4 Å². The van der Waals surface area contributed by atoms with Crippen LogP contribution in [0, 0.1) is 6.92 Å². The Morgan fingerprint density at radius 3 is 2.83 bits per heavy atom. The molecule has 1 aromatic carbocycles. The largest absolute Gasteiger partial charge is 0.494 e. The highest BCUT2D eigenvalue weighted by molar-refractivity contribution is 7.98. The summed E-state index contributed by atoms with van der Waals surface area (Å²) in [4.78, 5) is 12.1. The Kier molecular flexibility index (Phi) is 7.96. The summed E-state index contributed by atoms with van der Waals surface area (Å²) < 4.78 is 6.87. The number of thioether (sulfide) groups is 1. The van der Waals surface area contributed by atoms with Gasteiger partial charge < -0.3 is 15.8 Å². The average Bonchev–Trinajstić information content (AvgIpc) is 2.98. The number of carbonyl (C=O) groups excluding carboxylic acids is 1. The molecule has 0 aliphatic heterocycles. The maximum atomic E-state index is 12.1. The third-order valence-electron chi connectivity index (χ3n) is 3.27. The number of nitrogens with one attached hydrogen (secondary N) is 1. The van der Waals surface area contributed by atoms with E-state index in [1.165, 1.54) is 0 Å². The topological polar surface area (TPSA) is 108 Å². The molecule has 24 heavy (non-hydrogen) atoms. The number of halogens is 1. The lowest BCUT2D eigenvalue weighted by Gasteiger charge is -2.14. The first-order valence-corrected chi connectivity index (χ1v) is 8.45. The third kappa shape index (κ3) is 4.83. The summed E-state index contributed by atoms with van der Waals surface area (Å²) in [5, 5.41) is 14.2. The minimum atomic E-state index is -0.539. The molecule has 0 aliphatic rings.